The lowest BCUT2D eigenvalue weighted by molar-refractivity contribution is 0.0729. The van der Waals surface area contributed by atoms with Crippen LogP contribution in [0.5, 0.6) is 5.75 Å². The van der Waals surface area contributed by atoms with Gasteiger partial charge in [0.15, 0.2) is 17.3 Å². The minimum atomic E-state index is -0.503. The average molecular weight is 265 g/mol. The molecule has 19 heavy (non-hydrogen) atoms. The van der Waals surface area contributed by atoms with Gasteiger partial charge in [0.2, 0.25) is 0 Å². The lowest BCUT2D eigenvalue weighted by Crippen LogP contribution is -2.40. The number of carbonyl (C=O) groups is 1. The molecule has 4 heteroatoms. The first kappa shape index (κ1) is 14.0. The normalized spacial score (nSPS) is 18.1. The summed E-state index contributed by atoms with van der Waals surface area (Å²) in [5.74, 6) is -0.380. The fourth-order valence-corrected chi connectivity index (χ4v) is 2.87. The summed E-state index contributed by atoms with van der Waals surface area (Å²) >= 11 is 0. The molecule has 1 fully saturated rings. The lowest BCUT2D eigenvalue weighted by atomic mass is 9.69. The summed E-state index contributed by atoms with van der Waals surface area (Å²) in [5.41, 5.74) is 5.72. The van der Waals surface area contributed by atoms with Crippen LogP contribution in [0.15, 0.2) is 18.2 Å². The number of ketones is 1. The number of carbonyl (C=O) groups excluding carboxylic acids is 1. The van der Waals surface area contributed by atoms with Crippen molar-refractivity contribution in [2.45, 2.75) is 32.1 Å². The number of benzene rings is 1. The van der Waals surface area contributed by atoms with E-state index < -0.39 is 11.2 Å². The van der Waals surface area contributed by atoms with Gasteiger partial charge in [0.1, 0.15) is 0 Å². The molecular formula is C15H20FNO2. The number of ether oxygens (including phenoxy) is 1. The minimum Gasteiger partial charge on any atom is -0.494 e. The van der Waals surface area contributed by atoms with E-state index in [1.165, 1.54) is 19.2 Å². The Morgan fingerprint density at radius 2 is 2.05 bits per heavy atom. The predicted octanol–water partition coefficient (Wildman–Crippen LogP) is 2.93. The van der Waals surface area contributed by atoms with E-state index in [0.29, 0.717) is 12.1 Å². The van der Waals surface area contributed by atoms with Crippen LogP contribution in [0.4, 0.5) is 4.39 Å². The molecule has 1 aromatic rings. The Bertz CT molecular complexity index is 467. The van der Waals surface area contributed by atoms with Crippen molar-refractivity contribution in [1.29, 1.82) is 0 Å². The smallest absolute Gasteiger partial charge is 0.170 e. The molecule has 0 spiro atoms. The van der Waals surface area contributed by atoms with Crippen LogP contribution in [0, 0.1) is 11.2 Å². The molecular weight excluding hydrogens is 245 g/mol. The zero-order valence-electron chi connectivity index (χ0n) is 11.2. The highest BCUT2D eigenvalue weighted by Crippen LogP contribution is 2.38. The third-order valence-electron chi connectivity index (χ3n) is 4.10. The summed E-state index contributed by atoms with van der Waals surface area (Å²) in [6, 6.07) is 4.37. The van der Waals surface area contributed by atoms with Crippen molar-refractivity contribution in [3.05, 3.63) is 29.6 Å². The number of methoxy groups -OCH3 is 1. The lowest BCUT2D eigenvalue weighted by Gasteiger charge is -2.34. The maximum Gasteiger partial charge on any atom is 0.170 e. The minimum absolute atomic E-state index is 0.0312. The number of hydrogen-bond donors (Lipinski definition) is 1. The van der Waals surface area contributed by atoms with Gasteiger partial charge in [0.25, 0.3) is 0 Å². The first-order chi connectivity index (χ1) is 9.13. The van der Waals surface area contributed by atoms with E-state index in [9.17, 15) is 9.18 Å². The first-order valence-corrected chi connectivity index (χ1v) is 6.71. The first-order valence-electron chi connectivity index (χ1n) is 6.71. The maximum absolute atomic E-state index is 13.7. The molecule has 0 atom stereocenters. The maximum atomic E-state index is 13.7. The highest BCUT2D eigenvalue weighted by atomic mass is 19.1. The molecule has 1 aliphatic carbocycles. The molecule has 0 amide bonds. The van der Waals surface area contributed by atoms with Crippen molar-refractivity contribution in [1.82, 2.24) is 0 Å². The third kappa shape index (κ3) is 2.63. The summed E-state index contributed by atoms with van der Waals surface area (Å²) in [4.78, 5) is 12.6. The molecule has 0 bridgehead atoms. The second-order valence-corrected chi connectivity index (χ2v) is 5.22. The van der Waals surface area contributed by atoms with Crippen LogP contribution in [0.1, 0.15) is 42.5 Å². The molecule has 0 heterocycles. The van der Waals surface area contributed by atoms with Gasteiger partial charge >= 0.3 is 0 Å². The summed E-state index contributed by atoms with van der Waals surface area (Å²) in [5, 5.41) is 0. The summed E-state index contributed by atoms with van der Waals surface area (Å²) in [7, 11) is 1.41. The number of Topliss-reactive ketones (excluding diaryl/α,β-unsaturated/α-hetero) is 1. The van der Waals surface area contributed by atoms with Gasteiger partial charge < -0.3 is 10.5 Å². The SMILES string of the molecule is COc1ccc(C(=O)C2(CN)CCCCC2)cc1F. The van der Waals surface area contributed by atoms with Gasteiger partial charge in [-0.3, -0.25) is 4.79 Å². The molecule has 0 saturated heterocycles. The van der Waals surface area contributed by atoms with Crippen molar-refractivity contribution in [3.63, 3.8) is 0 Å². The standard InChI is InChI=1S/C15H20FNO2/c1-19-13-6-5-11(9-12(13)16)14(18)15(10-17)7-3-2-4-8-15/h5-6,9H,2-4,7-8,10,17H2,1H3. The molecule has 3 nitrogen and oxygen atoms in total. The monoisotopic (exact) mass is 265 g/mol. The average Bonchev–Trinajstić information content (AvgIpc) is 2.47. The summed E-state index contributed by atoms with van der Waals surface area (Å²) in [6.45, 7) is 0.333. The molecule has 1 saturated carbocycles. The molecule has 104 valence electrons. The van der Waals surface area contributed by atoms with Crippen molar-refractivity contribution in [2.75, 3.05) is 13.7 Å². The van der Waals surface area contributed by atoms with Gasteiger partial charge in [-0.25, -0.2) is 4.39 Å². The van der Waals surface area contributed by atoms with Crippen molar-refractivity contribution < 1.29 is 13.9 Å². The van der Waals surface area contributed by atoms with Crippen molar-refractivity contribution in [2.24, 2.45) is 11.1 Å². The highest BCUT2D eigenvalue weighted by Gasteiger charge is 2.38. The molecule has 0 aliphatic heterocycles. The van der Waals surface area contributed by atoms with E-state index in [1.54, 1.807) is 6.07 Å². The van der Waals surface area contributed by atoms with Crippen LogP contribution in [-0.4, -0.2) is 19.4 Å². The Balaban J connectivity index is 2.29. The Morgan fingerprint density at radius 3 is 2.58 bits per heavy atom. The zero-order chi connectivity index (χ0) is 13.9. The molecule has 2 N–H and O–H groups in total. The van der Waals surface area contributed by atoms with E-state index in [0.717, 1.165) is 32.1 Å². The quantitative estimate of drug-likeness (QED) is 0.852. The Morgan fingerprint density at radius 1 is 1.37 bits per heavy atom. The van der Waals surface area contributed by atoms with E-state index in [4.69, 9.17) is 10.5 Å². The van der Waals surface area contributed by atoms with Gasteiger partial charge in [-0.1, -0.05) is 19.3 Å². The third-order valence-corrected chi connectivity index (χ3v) is 4.10. The van der Waals surface area contributed by atoms with Crippen LogP contribution in [0.2, 0.25) is 0 Å². The van der Waals surface area contributed by atoms with E-state index in [-0.39, 0.29) is 11.5 Å². The second kappa shape index (κ2) is 5.70. The topological polar surface area (TPSA) is 52.3 Å². The molecule has 0 radical (unpaired) electrons. The largest absolute Gasteiger partial charge is 0.494 e. The molecule has 0 unspecified atom stereocenters. The van der Waals surface area contributed by atoms with Crippen molar-refractivity contribution >= 4 is 5.78 Å². The Kier molecular flexibility index (Phi) is 4.20. The van der Waals surface area contributed by atoms with Crippen LogP contribution < -0.4 is 10.5 Å². The van der Waals surface area contributed by atoms with Gasteiger partial charge in [0.05, 0.1) is 7.11 Å². The number of halogens is 1. The summed E-state index contributed by atoms with van der Waals surface area (Å²) in [6.07, 6.45) is 4.78. The van der Waals surface area contributed by atoms with Crippen LogP contribution >= 0.6 is 0 Å². The van der Waals surface area contributed by atoms with Crippen LogP contribution in [-0.2, 0) is 0 Å². The van der Waals surface area contributed by atoms with E-state index >= 15 is 0 Å². The van der Waals surface area contributed by atoms with Crippen molar-refractivity contribution in [3.8, 4) is 5.75 Å². The predicted molar refractivity (Wildman–Crippen MR) is 71.9 cm³/mol. The zero-order valence-corrected chi connectivity index (χ0v) is 11.2. The van der Waals surface area contributed by atoms with Crippen LogP contribution in [0.3, 0.4) is 0 Å². The van der Waals surface area contributed by atoms with Gasteiger partial charge in [0, 0.05) is 17.5 Å². The number of rotatable bonds is 4. The van der Waals surface area contributed by atoms with E-state index in [1.807, 2.05) is 0 Å². The molecule has 1 aliphatic rings. The van der Waals surface area contributed by atoms with Gasteiger partial charge in [-0.15, -0.1) is 0 Å². The highest BCUT2D eigenvalue weighted by molar-refractivity contribution is 6.00. The Hall–Kier alpha value is -1.42. The molecule has 1 aromatic carbocycles. The summed E-state index contributed by atoms with van der Waals surface area (Å²) < 4.78 is 18.6. The molecule has 2 rings (SSSR count). The van der Waals surface area contributed by atoms with E-state index in [2.05, 4.69) is 0 Å². The number of hydrogen-bond acceptors (Lipinski definition) is 3. The van der Waals surface area contributed by atoms with Gasteiger partial charge in [-0.2, -0.15) is 0 Å². The Labute approximate surface area is 112 Å². The fraction of sp³-hybridized carbons (Fsp3) is 0.533. The van der Waals surface area contributed by atoms with Crippen LogP contribution in [0.25, 0.3) is 0 Å². The molecule has 0 aromatic heterocycles. The fourth-order valence-electron chi connectivity index (χ4n) is 2.87. The number of nitrogens with two attached hydrogens (primary N) is 1. The van der Waals surface area contributed by atoms with Gasteiger partial charge in [-0.05, 0) is 31.0 Å². The second-order valence-electron chi connectivity index (χ2n) is 5.22.